The third kappa shape index (κ3) is 2.16. The highest BCUT2D eigenvalue weighted by atomic mass is 35.5. The highest BCUT2D eigenvalue weighted by molar-refractivity contribution is 6.33. The van der Waals surface area contributed by atoms with Gasteiger partial charge in [-0.05, 0) is 25.0 Å². The molecular formula is C18H16ClN3O2. The van der Waals surface area contributed by atoms with Gasteiger partial charge < -0.3 is 9.32 Å². The van der Waals surface area contributed by atoms with Crippen molar-refractivity contribution < 1.29 is 4.42 Å². The van der Waals surface area contributed by atoms with Gasteiger partial charge in [0.25, 0.3) is 0 Å². The van der Waals surface area contributed by atoms with Crippen molar-refractivity contribution in [1.82, 2.24) is 9.78 Å². The summed E-state index contributed by atoms with van der Waals surface area (Å²) in [5.74, 6) is 0.580. The molecule has 0 radical (unpaired) electrons. The van der Waals surface area contributed by atoms with E-state index in [4.69, 9.17) is 16.0 Å². The molecule has 0 bridgehead atoms. The van der Waals surface area contributed by atoms with Crippen LogP contribution in [-0.4, -0.2) is 23.9 Å². The number of hydrogen-bond acceptors (Lipinski definition) is 4. The van der Waals surface area contributed by atoms with Crippen LogP contribution >= 0.6 is 11.6 Å². The minimum atomic E-state index is -0.514. The monoisotopic (exact) mass is 341 g/mol. The van der Waals surface area contributed by atoms with Gasteiger partial charge in [0.2, 0.25) is 0 Å². The van der Waals surface area contributed by atoms with E-state index in [1.807, 2.05) is 54.0 Å². The van der Waals surface area contributed by atoms with Crippen LogP contribution in [0, 0.1) is 0 Å². The minimum Gasteiger partial charge on any atom is -0.421 e. The summed E-state index contributed by atoms with van der Waals surface area (Å²) in [5, 5.41) is 4.64. The van der Waals surface area contributed by atoms with Crippen molar-refractivity contribution in [2.24, 2.45) is 0 Å². The summed E-state index contributed by atoms with van der Waals surface area (Å²) in [6.07, 6.45) is 3.32. The molecule has 1 aliphatic rings. The zero-order valence-electron chi connectivity index (χ0n) is 13.4. The molecule has 0 aliphatic heterocycles. The molecule has 0 amide bonds. The van der Waals surface area contributed by atoms with Crippen LogP contribution in [0.1, 0.15) is 11.3 Å². The number of rotatable bonds is 2. The molecular weight excluding hydrogens is 326 g/mol. The van der Waals surface area contributed by atoms with Crippen LogP contribution in [0.5, 0.6) is 0 Å². The molecule has 24 heavy (non-hydrogen) atoms. The van der Waals surface area contributed by atoms with E-state index in [9.17, 15) is 4.79 Å². The minimum absolute atomic E-state index is 0.137. The fourth-order valence-corrected chi connectivity index (χ4v) is 3.61. The Balaban J connectivity index is 1.95. The number of nitrogens with zero attached hydrogens (tertiary/aromatic N) is 3. The Kier molecular flexibility index (Phi) is 3.46. The Morgan fingerprint density at radius 1 is 1.21 bits per heavy atom. The summed E-state index contributed by atoms with van der Waals surface area (Å²) in [5.41, 5.74) is 4.08. The Hall–Kier alpha value is -2.53. The van der Waals surface area contributed by atoms with E-state index in [0.717, 1.165) is 41.0 Å². The first-order chi connectivity index (χ1) is 11.6. The molecule has 0 saturated carbocycles. The Bertz CT molecular complexity index is 974. The van der Waals surface area contributed by atoms with Crippen LogP contribution < -0.4 is 10.5 Å². The lowest BCUT2D eigenvalue weighted by Gasteiger charge is -2.23. The van der Waals surface area contributed by atoms with E-state index in [2.05, 4.69) is 5.10 Å². The molecule has 1 aliphatic carbocycles. The number of aromatic nitrogens is 2. The molecule has 0 N–H and O–H groups in total. The van der Waals surface area contributed by atoms with E-state index in [0.29, 0.717) is 5.76 Å². The lowest BCUT2D eigenvalue weighted by atomic mass is 9.93. The van der Waals surface area contributed by atoms with Crippen molar-refractivity contribution in [2.45, 2.75) is 12.8 Å². The molecule has 4 rings (SSSR count). The van der Waals surface area contributed by atoms with Crippen LogP contribution in [-0.2, 0) is 12.8 Å². The molecule has 2 aromatic heterocycles. The molecule has 5 nitrogen and oxygen atoms in total. The fourth-order valence-electron chi connectivity index (χ4n) is 3.29. The zero-order valence-corrected chi connectivity index (χ0v) is 14.2. The Labute approximate surface area is 144 Å². The van der Waals surface area contributed by atoms with Crippen LogP contribution in [0.2, 0.25) is 5.02 Å². The van der Waals surface area contributed by atoms with E-state index in [1.165, 1.54) is 0 Å². The average Bonchev–Trinajstić information content (AvgIpc) is 3.01. The topological polar surface area (TPSA) is 51.3 Å². The van der Waals surface area contributed by atoms with Crippen LogP contribution in [0.3, 0.4) is 0 Å². The summed E-state index contributed by atoms with van der Waals surface area (Å²) >= 11 is 6.18. The van der Waals surface area contributed by atoms with E-state index in [1.54, 1.807) is 6.20 Å². The van der Waals surface area contributed by atoms with Crippen molar-refractivity contribution in [3.63, 3.8) is 0 Å². The molecule has 0 spiro atoms. The van der Waals surface area contributed by atoms with Crippen molar-refractivity contribution in [2.75, 3.05) is 19.0 Å². The van der Waals surface area contributed by atoms with Gasteiger partial charge in [0.15, 0.2) is 0 Å². The molecule has 1 aromatic carbocycles. The maximum Gasteiger partial charge on any atom is 0.357 e. The van der Waals surface area contributed by atoms with E-state index < -0.39 is 5.63 Å². The summed E-state index contributed by atoms with van der Waals surface area (Å²) in [7, 11) is 3.76. The highest BCUT2D eigenvalue weighted by Crippen LogP contribution is 2.40. The highest BCUT2D eigenvalue weighted by Gasteiger charge is 2.28. The molecule has 3 aromatic rings. The van der Waals surface area contributed by atoms with Crippen molar-refractivity contribution in [3.05, 3.63) is 63.2 Å². The molecule has 0 unspecified atom stereocenters. The average molecular weight is 342 g/mol. The molecule has 0 atom stereocenters. The maximum absolute atomic E-state index is 12.2. The second-order valence-electron chi connectivity index (χ2n) is 6.01. The predicted octanol–water partition coefficient (Wildman–Crippen LogP) is 3.31. The van der Waals surface area contributed by atoms with E-state index >= 15 is 0 Å². The van der Waals surface area contributed by atoms with Crippen LogP contribution in [0.4, 0.5) is 5.69 Å². The molecule has 6 heteroatoms. The number of para-hydroxylation sites is 1. The largest absolute Gasteiger partial charge is 0.421 e. The van der Waals surface area contributed by atoms with Gasteiger partial charge in [-0.3, -0.25) is 0 Å². The predicted molar refractivity (Wildman–Crippen MR) is 94.3 cm³/mol. The fraction of sp³-hybridized carbons (Fsp3) is 0.222. The Morgan fingerprint density at radius 2 is 1.96 bits per heavy atom. The quantitative estimate of drug-likeness (QED) is 0.717. The summed E-state index contributed by atoms with van der Waals surface area (Å²) < 4.78 is 7.43. The van der Waals surface area contributed by atoms with Crippen LogP contribution in [0.15, 0.2) is 45.7 Å². The van der Waals surface area contributed by atoms with Gasteiger partial charge in [0.1, 0.15) is 10.8 Å². The second-order valence-corrected chi connectivity index (χ2v) is 6.38. The Morgan fingerprint density at radius 3 is 2.67 bits per heavy atom. The number of fused-ring (bicyclic) bond motifs is 3. The number of halogens is 1. The van der Waals surface area contributed by atoms with Gasteiger partial charge in [-0.1, -0.05) is 29.8 Å². The van der Waals surface area contributed by atoms with Gasteiger partial charge in [-0.25, -0.2) is 9.48 Å². The van der Waals surface area contributed by atoms with Crippen molar-refractivity contribution in [3.8, 4) is 17.0 Å². The van der Waals surface area contributed by atoms with Crippen molar-refractivity contribution in [1.29, 1.82) is 0 Å². The molecule has 0 saturated heterocycles. The SMILES string of the molecule is CN(C)c1c2c(oc(=O)c1Cl)-c1cnn(-c3ccccc3)c1CC2. The lowest BCUT2D eigenvalue weighted by Crippen LogP contribution is -2.20. The summed E-state index contributed by atoms with van der Waals surface area (Å²) in [4.78, 5) is 14.0. The lowest BCUT2D eigenvalue weighted by molar-refractivity contribution is 0.515. The van der Waals surface area contributed by atoms with Crippen LogP contribution in [0.25, 0.3) is 17.0 Å². The third-order valence-electron chi connectivity index (χ3n) is 4.32. The normalized spacial score (nSPS) is 12.6. The second kappa shape index (κ2) is 5.53. The number of benzene rings is 1. The maximum atomic E-state index is 12.2. The molecule has 0 fully saturated rings. The van der Waals surface area contributed by atoms with E-state index in [-0.39, 0.29) is 5.02 Å². The van der Waals surface area contributed by atoms with Gasteiger partial charge >= 0.3 is 5.63 Å². The van der Waals surface area contributed by atoms with Gasteiger partial charge in [-0.2, -0.15) is 5.10 Å². The van der Waals surface area contributed by atoms with Gasteiger partial charge in [0.05, 0.1) is 28.8 Å². The number of hydrogen-bond donors (Lipinski definition) is 0. The smallest absolute Gasteiger partial charge is 0.357 e. The summed E-state index contributed by atoms with van der Waals surface area (Å²) in [6.45, 7) is 0. The van der Waals surface area contributed by atoms with Gasteiger partial charge in [0, 0.05) is 19.7 Å². The van der Waals surface area contributed by atoms with Gasteiger partial charge in [-0.15, -0.1) is 0 Å². The standard InChI is InChI=1S/C18H16ClN3O2/c1-21(2)16-12-8-9-14-13(17(12)24-18(23)15(16)19)10-20-22(14)11-6-4-3-5-7-11/h3-7,10H,8-9H2,1-2H3. The first-order valence-electron chi connectivity index (χ1n) is 7.73. The summed E-state index contributed by atoms with van der Waals surface area (Å²) in [6, 6.07) is 9.94. The number of anilines is 1. The first kappa shape index (κ1) is 15.0. The van der Waals surface area contributed by atoms with Crippen molar-refractivity contribution >= 4 is 17.3 Å². The zero-order chi connectivity index (χ0) is 16.8. The first-order valence-corrected chi connectivity index (χ1v) is 8.11. The molecule has 122 valence electrons. The molecule has 2 heterocycles. The third-order valence-corrected chi connectivity index (χ3v) is 4.65.